The zero-order valence-electron chi connectivity index (χ0n) is 18.0. The number of piperidine rings is 1. The van der Waals surface area contributed by atoms with Crippen LogP contribution >= 0.6 is 0 Å². The highest BCUT2D eigenvalue weighted by Gasteiger charge is 2.55. The van der Waals surface area contributed by atoms with Crippen molar-refractivity contribution in [2.75, 3.05) is 6.54 Å². The molecule has 0 amide bonds. The summed E-state index contributed by atoms with van der Waals surface area (Å²) in [6, 6.07) is 10.8. The van der Waals surface area contributed by atoms with Gasteiger partial charge in [-0.1, -0.05) is 30.3 Å². The molecule has 2 N–H and O–H groups in total. The molecule has 1 saturated heterocycles. The Morgan fingerprint density at radius 1 is 1.03 bits per heavy atom. The number of likely N-dealkylation sites (tertiary alicyclic amines) is 1. The first-order valence-corrected chi connectivity index (χ1v) is 10.9. The zero-order chi connectivity index (χ0) is 25.0. The highest BCUT2D eigenvalue weighted by molar-refractivity contribution is 5.33. The molecule has 6 nitrogen and oxygen atoms in total. The van der Waals surface area contributed by atoms with Crippen LogP contribution in [0.25, 0.3) is 0 Å². The minimum atomic E-state index is -4.96. The van der Waals surface area contributed by atoms with Crippen LogP contribution < -0.4 is 5.69 Å². The van der Waals surface area contributed by atoms with Crippen molar-refractivity contribution in [3.05, 3.63) is 87.1 Å². The fraction of sp³-hybridized carbons (Fsp3) is 0.391. The SMILES string of the molecule is O=c1[nH]nc(C(OCc2cc(C(F)(F)F)cc(C(F)(F)F)c2)N2CC3CC3C2c2ccccc2)[nH]1. The molecule has 0 bridgehead atoms. The van der Waals surface area contributed by atoms with Crippen molar-refractivity contribution in [1.29, 1.82) is 0 Å². The Labute approximate surface area is 194 Å². The van der Waals surface area contributed by atoms with E-state index in [1.165, 1.54) is 0 Å². The Morgan fingerprint density at radius 3 is 2.26 bits per heavy atom. The van der Waals surface area contributed by atoms with Gasteiger partial charge in [0, 0.05) is 12.6 Å². The molecule has 1 saturated carbocycles. The van der Waals surface area contributed by atoms with Gasteiger partial charge in [-0.25, -0.2) is 9.89 Å². The number of rotatable bonds is 6. The first-order chi connectivity index (χ1) is 16.5. The van der Waals surface area contributed by atoms with Gasteiger partial charge in [-0.15, -0.1) is 0 Å². The largest absolute Gasteiger partial charge is 0.416 e. The predicted molar refractivity (Wildman–Crippen MR) is 111 cm³/mol. The van der Waals surface area contributed by atoms with Gasteiger partial charge in [0.2, 0.25) is 0 Å². The van der Waals surface area contributed by atoms with Gasteiger partial charge in [-0.2, -0.15) is 31.4 Å². The first-order valence-electron chi connectivity index (χ1n) is 10.9. The number of nitrogens with zero attached hydrogens (tertiary/aromatic N) is 2. The Hall–Kier alpha value is -3.12. The number of aromatic amines is 2. The van der Waals surface area contributed by atoms with Crippen LogP contribution in [0.3, 0.4) is 0 Å². The average Bonchev–Trinajstić information content (AvgIpc) is 3.25. The maximum absolute atomic E-state index is 13.3. The van der Waals surface area contributed by atoms with E-state index in [1.807, 2.05) is 35.2 Å². The second kappa shape index (κ2) is 8.52. The number of ether oxygens (including phenoxy) is 1. The predicted octanol–water partition coefficient (Wildman–Crippen LogP) is 5.04. The Balaban J connectivity index is 1.47. The number of nitrogens with one attached hydrogen (secondary N) is 2. The van der Waals surface area contributed by atoms with Crippen LogP contribution in [0.5, 0.6) is 0 Å². The van der Waals surface area contributed by atoms with Gasteiger partial charge >= 0.3 is 18.0 Å². The summed E-state index contributed by atoms with van der Waals surface area (Å²) in [4.78, 5) is 16.2. The van der Waals surface area contributed by atoms with E-state index in [9.17, 15) is 31.1 Å². The summed E-state index contributed by atoms with van der Waals surface area (Å²) in [5, 5.41) is 6.18. The Kier molecular flexibility index (Phi) is 5.75. The van der Waals surface area contributed by atoms with E-state index in [4.69, 9.17) is 4.74 Å². The fourth-order valence-corrected chi connectivity index (χ4v) is 4.84. The summed E-state index contributed by atoms with van der Waals surface area (Å²) in [5.74, 6) is 0.808. The molecule has 1 aliphatic heterocycles. The first kappa shape index (κ1) is 23.6. The van der Waals surface area contributed by atoms with Crippen LogP contribution in [0, 0.1) is 11.8 Å². The molecule has 12 heteroatoms. The number of hydrogen-bond acceptors (Lipinski definition) is 4. The van der Waals surface area contributed by atoms with E-state index < -0.39 is 42.0 Å². The molecule has 1 aromatic heterocycles. The zero-order valence-corrected chi connectivity index (χ0v) is 18.0. The van der Waals surface area contributed by atoms with E-state index in [1.54, 1.807) is 0 Å². The summed E-state index contributed by atoms with van der Waals surface area (Å²) in [6.07, 6.45) is -9.91. The third-order valence-corrected chi connectivity index (χ3v) is 6.44. The summed E-state index contributed by atoms with van der Waals surface area (Å²) >= 11 is 0. The number of aromatic nitrogens is 3. The van der Waals surface area contributed by atoms with Gasteiger partial charge in [0.25, 0.3) is 0 Å². The van der Waals surface area contributed by atoms with Gasteiger partial charge in [0.05, 0.1) is 17.7 Å². The lowest BCUT2D eigenvalue weighted by Crippen LogP contribution is -2.34. The molecule has 1 aliphatic carbocycles. The van der Waals surface area contributed by atoms with Crippen molar-refractivity contribution < 1.29 is 31.1 Å². The lowest BCUT2D eigenvalue weighted by atomic mass is 10.0. The average molecular weight is 498 g/mol. The van der Waals surface area contributed by atoms with Gasteiger partial charge in [0.1, 0.15) is 0 Å². The second-order valence-corrected chi connectivity index (χ2v) is 8.85. The maximum atomic E-state index is 13.3. The molecule has 0 radical (unpaired) electrons. The molecule has 2 aromatic carbocycles. The molecule has 3 aromatic rings. The minimum Gasteiger partial charge on any atom is -0.351 e. The highest BCUT2D eigenvalue weighted by atomic mass is 19.4. The smallest absolute Gasteiger partial charge is 0.351 e. The number of alkyl halides is 6. The summed E-state index contributed by atoms with van der Waals surface area (Å²) in [5.41, 5.74) is -2.73. The van der Waals surface area contributed by atoms with Gasteiger partial charge in [-0.05, 0) is 47.6 Å². The van der Waals surface area contributed by atoms with Crippen LogP contribution in [-0.4, -0.2) is 26.6 Å². The number of H-pyrrole nitrogens is 2. The monoisotopic (exact) mass is 498 g/mol. The third-order valence-electron chi connectivity index (χ3n) is 6.44. The number of halogens is 6. The van der Waals surface area contributed by atoms with Crippen molar-refractivity contribution in [2.24, 2.45) is 11.8 Å². The molecule has 2 heterocycles. The lowest BCUT2D eigenvalue weighted by Gasteiger charge is -2.34. The molecule has 186 valence electrons. The fourth-order valence-electron chi connectivity index (χ4n) is 4.84. The van der Waals surface area contributed by atoms with Crippen LogP contribution in [0.2, 0.25) is 0 Å². The van der Waals surface area contributed by atoms with E-state index in [-0.39, 0.29) is 23.5 Å². The van der Waals surface area contributed by atoms with E-state index in [0.717, 1.165) is 12.0 Å². The van der Waals surface area contributed by atoms with Crippen molar-refractivity contribution >= 4 is 0 Å². The lowest BCUT2D eigenvalue weighted by molar-refractivity contribution is -0.143. The summed E-state index contributed by atoms with van der Waals surface area (Å²) in [6.45, 7) is 0.0279. The Morgan fingerprint density at radius 2 is 1.69 bits per heavy atom. The number of fused-ring (bicyclic) bond motifs is 1. The molecule has 35 heavy (non-hydrogen) atoms. The molecular weight excluding hydrogens is 478 g/mol. The van der Waals surface area contributed by atoms with Gasteiger partial charge in [-0.3, -0.25) is 9.88 Å². The molecule has 2 fully saturated rings. The van der Waals surface area contributed by atoms with Crippen LogP contribution in [0.15, 0.2) is 53.3 Å². The molecular formula is C23H20F6N4O2. The molecule has 4 atom stereocenters. The topological polar surface area (TPSA) is 74.0 Å². The maximum Gasteiger partial charge on any atom is 0.416 e. The molecule has 2 aliphatic rings. The third kappa shape index (κ3) is 4.85. The quantitative estimate of drug-likeness (QED) is 0.467. The van der Waals surface area contributed by atoms with Crippen molar-refractivity contribution in [3.63, 3.8) is 0 Å². The second-order valence-electron chi connectivity index (χ2n) is 8.85. The number of hydrogen-bond donors (Lipinski definition) is 2. The van der Waals surface area contributed by atoms with E-state index in [2.05, 4.69) is 15.2 Å². The van der Waals surface area contributed by atoms with Crippen molar-refractivity contribution in [3.8, 4) is 0 Å². The molecule has 0 spiro atoms. The van der Waals surface area contributed by atoms with Crippen LogP contribution in [0.4, 0.5) is 26.3 Å². The summed E-state index contributed by atoms with van der Waals surface area (Å²) in [7, 11) is 0. The van der Waals surface area contributed by atoms with Gasteiger partial charge in [0.15, 0.2) is 12.1 Å². The van der Waals surface area contributed by atoms with E-state index >= 15 is 0 Å². The minimum absolute atomic E-state index is 0.0750. The van der Waals surface area contributed by atoms with Crippen LogP contribution in [-0.2, 0) is 23.7 Å². The molecule has 4 unspecified atom stereocenters. The summed E-state index contributed by atoms with van der Waals surface area (Å²) < 4.78 is 85.5. The van der Waals surface area contributed by atoms with Gasteiger partial charge < -0.3 is 4.74 Å². The molecule has 5 rings (SSSR count). The normalized spacial score (nSPS) is 23.3. The van der Waals surface area contributed by atoms with Crippen molar-refractivity contribution in [1.82, 2.24) is 20.1 Å². The number of benzene rings is 2. The van der Waals surface area contributed by atoms with Crippen LogP contribution in [0.1, 0.15) is 46.8 Å². The van der Waals surface area contributed by atoms with Crippen molar-refractivity contribution in [2.45, 2.75) is 37.7 Å². The standard InChI is InChI=1S/C23H20F6N4O2/c24-22(25,26)15-6-12(7-16(9-15)23(27,28)29)11-35-20(19-30-21(34)32-31-19)33-10-14-8-17(14)18(33)13-4-2-1-3-5-13/h1-7,9,14,17-18,20H,8,10-11H2,(H2,30,31,32,34). The van der Waals surface area contributed by atoms with E-state index in [0.29, 0.717) is 30.5 Å². The highest BCUT2D eigenvalue weighted by Crippen LogP contribution is 2.58. The Bertz CT molecular complexity index is 1220.